The van der Waals surface area contributed by atoms with E-state index in [1.165, 1.54) is 26.4 Å². The summed E-state index contributed by atoms with van der Waals surface area (Å²) in [4.78, 5) is 2.03. The number of benzene rings is 1. The molecule has 3 heterocycles. The number of nitrogens with one attached hydrogen (secondary N) is 1. The number of pyridine rings is 1. The second-order valence-corrected chi connectivity index (χ2v) is 9.97. The van der Waals surface area contributed by atoms with E-state index in [0.717, 1.165) is 28.5 Å². The van der Waals surface area contributed by atoms with Crippen LogP contribution >= 0.6 is 0 Å². The van der Waals surface area contributed by atoms with Crippen molar-refractivity contribution in [2.24, 2.45) is 0 Å². The van der Waals surface area contributed by atoms with Gasteiger partial charge in [0.15, 0.2) is 0 Å². The number of nitrogens with zero attached hydrogens (tertiary/aromatic N) is 4. The minimum atomic E-state index is -3.83. The topological polar surface area (TPSA) is 79.2 Å². The number of rotatable bonds is 9. The molecule has 0 spiro atoms. The van der Waals surface area contributed by atoms with E-state index in [9.17, 15) is 17.2 Å². The Labute approximate surface area is 197 Å². The number of methoxy groups -OCH3 is 1. The first-order valence-corrected chi connectivity index (χ1v) is 12.3. The summed E-state index contributed by atoms with van der Waals surface area (Å²) in [6.45, 7) is 5.02. The largest absolute Gasteiger partial charge is 0.383 e. The molecule has 3 aromatic rings. The van der Waals surface area contributed by atoms with Crippen LogP contribution in [0.1, 0.15) is 30.0 Å². The predicted octanol–water partition coefficient (Wildman–Crippen LogP) is 3.34. The van der Waals surface area contributed by atoms with Gasteiger partial charge in [-0.2, -0.15) is 17.8 Å². The van der Waals surface area contributed by atoms with Gasteiger partial charge < -0.3 is 9.64 Å². The first kappa shape index (κ1) is 24.1. The highest BCUT2D eigenvalue weighted by molar-refractivity contribution is 7.87. The van der Waals surface area contributed by atoms with E-state index >= 15 is 0 Å². The molecule has 0 radical (unpaired) electrons. The van der Waals surface area contributed by atoms with E-state index in [-0.39, 0.29) is 24.9 Å². The van der Waals surface area contributed by atoms with Crippen LogP contribution in [0.25, 0.3) is 11.2 Å². The number of aromatic nitrogens is 2. The second kappa shape index (κ2) is 9.69. The molecule has 1 atom stereocenters. The van der Waals surface area contributed by atoms with Crippen LogP contribution in [0.3, 0.4) is 0 Å². The van der Waals surface area contributed by atoms with E-state index in [0.29, 0.717) is 29.6 Å². The van der Waals surface area contributed by atoms with Crippen molar-refractivity contribution in [1.82, 2.24) is 18.6 Å². The summed E-state index contributed by atoms with van der Waals surface area (Å²) < 4.78 is 63.7. The van der Waals surface area contributed by atoms with Crippen molar-refractivity contribution in [2.75, 3.05) is 38.8 Å². The van der Waals surface area contributed by atoms with Crippen molar-refractivity contribution >= 4 is 27.1 Å². The predicted molar refractivity (Wildman–Crippen MR) is 126 cm³/mol. The van der Waals surface area contributed by atoms with Crippen LogP contribution < -0.4 is 9.62 Å². The molecule has 11 heteroatoms. The third kappa shape index (κ3) is 4.77. The maximum absolute atomic E-state index is 14.5. The molecule has 1 aliphatic rings. The smallest absolute Gasteiger partial charge is 0.301 e. The molecule has 0 saturated carbocycles. The molecule has 1 aromatic carbocycles. The monoisotopic (exact) mass is 491 g/mol. The van der Waals surface area contributed by atoms with Crippen LogP contribution in [0.15, 0.2) is 49.3 Å². The van der Waals surface area contributed by atoms with Crippen LogP contribution in [0, 0.1) is 11.6 Å². The summed E-state index contributed by atoms with van der Waals surface area (Å²) in [5.41, 5.74) is 2.44. The number of hydrogen-bond acceptors (Lipinski definition) is 5. The van der Waals surface area contributed by atoms with Crippen LogP contribution in [0.5, 0.6) is 0 Å². The quantitative estimate of drug-likeness (QED) is 0.497. The number of halogens is 2. The van der Waals surface area contributed by atoms with Crippen molar-refractivity contribution in [1.29, 1.82) is 0 Å². The molecule has 0 bridgehead atoms. The van der Waals surface area contributed by atoms with E-state index in [1.54, 1.807) is 10.7 Å². The van der Waals surface area contributed by atoms with Crippen LogP contribution in [-0.2, 0) is 14.9 Å². The molecular weight excluding hydrogens is 464 g/mol. The fourth-order valence-electron chi connectivity index (χ4n) is 4.18. The summed E-state index contributed by atoms with van der Waals surface area (Å²) in [5.74, 6) is -0.916. The number of ether oxygens (including phenoxy) is 1. The first-order chi connectivity index (χ1) is 16.2. The maximum Gasteiger partial charge on any atom is 0.301 e. The number of anilines is 1. The lowest BCUT2D eigenvalue weighted by atomic mass is 10.0. The zero-order chi connectivity index (χ0) is 24.5. The lowest BCUT2D eigenvalue weighted by molar-refractivity contribution is 0.185. The van der Waals surface area contributed by atoms with Crippen molar-refractivity contribution in [2.45, 2.75) is 18.9 Å². The van der Waals surface area contributed by atoms with Crippen LogP contribution in [0.4, 0.5) is 14.5 Å². The van der Waals surface area contributed by atoms with Gasteiger partial charge in [0.2, 0.25) is 0 Å². The van der Waals surface area contributed by atoms with Crippen molar-refractivity contribution in [3.05, 3.63) is 72.1 Å². The van der Waals surface area contributed by atoms with Gasteiger partial charge in [0.1, 0.15) is 11.6 Å². The first-order valence-electron chi connectivity index (χ1n) is 10.8. The molecule has 0 unspecified atom stereocenters. The zero-order valence-corrected chi connectivity index (χ0v) is 19.9. The minimum Gasteiger partial charge on any atom is -0.383 e. The molecule has 1 N–H and O–H groups in total. The van der Waals surface area contributed by atoms with Gasteiger partial charge in [-0.05, 0) is 43.2 Å². The average Bonchev–Trinajstić information content (AvgIpc) is 3.45. The number of likely N-dealkylation sites (N-methyl/N-ethyl adjacent to an activating group) is 1. The van der Waals surface area contributed by atoms with Crippen LogP contribution in [-0.4, -0.2) is 56.2 Å². The van der Waals surface area contributed by atoms with Crippen molar-refractivity contribution in [3.63, 3.8) is 0 Å². The van der Waals surface area contributed by atoms with Gasteiger partial charge in [-0.15, -0.1) is 0 Å². The SMILES string of the molecule is C=C(NS(=O)(=O)N(C)CCOC)c1cnn2ccc(N3CCC[C@@H]3c3cc(F)ccc3F)cc12. The Kier molecular flexibility index (Phi) is 6.87. The molecule has 182 valence electrons. The van der Waals surface area contributed by atoms with E-state index < -0.39 is 21.8 Å². The third-order valence-electron chi connectivity index (χ3n) is 6.00. The maximum atomic E-state index is 14.5. The highest BCUT2D eigenvalue weighted by Gasteiger charge is 2.29. The minimum absolute atomic E-state index is 0.172. The Morgan fingerprint density at radius 1 is 1.32 bits per heavy atom. The highest BCUT2D eigenvalue weighted by atomic mass is 32.2. The average molecular weight is 492 g/mol. The van der Waals surface area contributed by atoms with E-state index in [1.807, 2.05) is 17.0 Å². The molecule has 1 fully saturated rings. The van der Waals surface area contributed by atoms with Crippen LogP contribution in [0.2, 0.25) is 0 Å². The highest BCUT2D eigenvalue weighted by Crippen LogP contribution is 2.38. The van der Waals surface area contributed by atoms with Crippen molar-refractivity contribution in [3.8, 4) is 0 Å². The summed E-state index contributed by atoms with van der Waals surface area (Å²) >= 11 is 0. The van der Waals surface area contributed by atoms with E-state index in [4.69, 9.17) is 4.74 Å². The fraction of sp³-hybridized carbons (Fsp3) is 0.348. The van der Waals surface area contributed by atoms with Gasteiger partial charge >= 0.3 is 10.2 Å². The third-order valence-corrected chi connectivity index (χ3v) is 7.51. The Morgan fingerprint density at radius 2 is 2.12 bits per heavy atom. The zero-order valence-electron chi connectivity index (χ0n) is 19.0. The standard InChI is InChI=1S/C23H27F2N5O3S/c1-16(27-34(31,32)28(2)11-12-33-3)20-15-26-30-10-8-18(14-23(20)30)29-9-4-5-22(29)19-13-17(24)6-7-21(19)25/h6-8,10,13-15,22,27H,1,4-5,9,11-12H2,2-3H3/t22-/m1/s1. The summed E-state index contributed by atoms with van der Waals surface area (Å²) in [6.07, 6.45) is 4.81. The normalized spacial score (nSPS) is 16.5. The Hall–Kier alpha value is -3.02. The van der Waals surface area contributed by atoms with E-state index in [2.05, 4.69) is 16.4 Å². The molecule has 0 aliphatic carbocycles. The molecular formula is C23H27F2N5O3S. The molecule has 4 rings (SSSR count). The lowest BCUT2D eigenvalue weighted by Crippen LogP contribution is -2.38. The fourth-order valence-corrected chi connectivity index (χ4v) is 5.07. The number of hydrogen-bond donors (Lipinski definition) is 1. The summed E-state index contributed by atoms with van der Waals surface area (Å²) in [6, 6.07) is 6.91. The molecule has 34 heavy (non-hydrogen) atoms. The molecule has 0 amide bonds. The van der Waals surface area contributed by atoms with Crippen molar-refractivity contribution < 1.29 is 21.9 Å². The summed E-state index contributed by atoms with van der Waals surface area (Å²) in [5, 5.41) is 4.29. The van der Waals surface area contributed by atoms with Gasteiger partial charge in [0.25, 0.3) is 0 Å². The Morgan fingerprint density at radius 3 is 2.88 bits per heavy atom. The Balaban J connectivity index is 1.62. The van der Waals surface area contributed by atoms with Gasteiger partial charge in [0, 0.05) is 50.3 Å². The Bertz CT molecular complexity index is 1310. The van der Waals surface area contributed by atoms with Gasteiger partial charge in [-0.25, -0.2) is 13.3 Å². The molecule has 1 saturated heterocycles. The lowest BCUT2D eigenvalue weighted by Gasteiger charge is -2.27. The molecule has 8 nitrogen and oxygen atoms in total. The number of fused-ring (bicyclic) bond motifs is 1. The second-order valence-electron chi connectivity index (χ2n) is 8.19. The van der Waals surface area contributed by atoms with Gasteiger partial charge in [0.05, 0.1) is 30.1 Å². The van der Waals surface area contributed by atoms with Gasteiger partial charge in [-0.1, -0.05) is 6.58 Å². The van der Waals surface area contributed by atoms with Gasteiger partial charge in [-0.3, -0.25) is 4.72 Å². The molecule has 1 aliphatic heterocycles. The summed E-state index contributed by atoms with van der Waals surface area (Å²) in [7, 11) is -0.883. The molecule has 2 aromatic heterocycles.